The zero-order chi connectivity index (χ0) is 28.0. The molecule has 8 rings (SSSR count). The molecule has 1 aromatic rings. The number of hydrogen-bond donors (Lipinski definition) is 4. The first kappa shape index (κ1) is 26.1. The number of carbonyl (C=O) groups is 3. The Morgan fingerprint density at radius 1 is 1.25 bits per heavy atom. The summed E-state index contributed by atoms with van der Waals surface area (Å²) in [6.45, 7) is 3.80. The highest BCUT2D eigenvalue weighted by atomic mass is 16.6. The SMILES string of the molecule is COC12CC[C@@]3(C[C@@H]1CNC(=O)[C@H](CC(N)=O)NC(C)=O)[C@H]1Cc4ccc(O)c5c4[C@@]3(CCN1CC1CC1)C2O5. The maximum absolute atomic E-state index is 13.2. The van der Waals surface area contributed by atoms with Crippen LogP contribution in [-0.2, 0) is 31.0 Å². The minimum Gasteiger partial charge on any atom is -0.504 e. The molecule has 2 aliphatic heterocycles. The van der Waals surface area contributed by atoms with Gasteiger partial charge in [-0.05, 0) is 69.0 Å². The lowest BCUT2D eigenvalue weighted by molar-refractivity contribution is -0.276. The summed E-state index contributed by atoms with van der Waals surface area (Å²) in [6, 6.07) is 3.23. The van der Waals surface area contributed by atoms with Crippen molar-refractivity contribution in [2.75, 3.05) is 26.7 Å². The number of carbonyl (C=O) groups excluding carboxylic acids is 3. The Morgan fingerprint density at radius 2 is 2.05 bits per heavy atom. The molecule has 4 bridgehead atoms. The molecule has 5 aliphatic carbocycles. The van der Waals surface area contributed by atoms with E-state index in [1.165, 1.54) is 30.9 Å². The molecule has 5 N–H and O–H groups in total. The standard InChI is InChI=1S/C30H40N4O6/c1-16(35)33-20(12-23(31)37)26(38)32-14-19-13-28-7-8-30(19,39-2)27-29(28)9-10-34(15-17-3-4-17)22(28)11-18-5-6-21(36)25(40-27)24(18)29/h5-6,17,19-20,22,27,36H,3-4,7-15H2,1-2H3,(H2,31,37)(H,32,38)(H,33,35)/t19-,20+,22-,27?,28-,29+,30?/m1/s1. The number of ether oxygens (including phenoxy) is 2. The lowest BCUT2D eigenvalue weighted by Gasteiger charge is -2.74. The summed E-state index contributed by atoms with van der Waals surface area (Å²) in [4.78, 5) is 39.3. The molecule has 216 valence electrons. The molecule has 1 aromatic carbocycles. The largest absolute Gasteiger partial charge is 0.504 e. The molecule has 7 aliphatic rings. The van der Waals surface area contributed by atoms with E-state index in [1.807, 2.05) is 0 Å². The quantitative estimate of drug-likeness (QED) is 0.359. The third-order valence-corrected chi connectivity index (χ3v) is 11.4. The van der Waals surface area contributed by atoms with Crippen molar-refractivity contribution in [3.63, 3.8) is 0 Å². The molecule has 4 saturated carbocycles. The third kappa shape index (κ3) is 3.38. The Kier molecular flexibility index (Phi) is 5.75. The highest BCUT2D eigenvalue weighted by Crippen LogP contribution is 2.76. The molecule has 10 nitrogen and oxygen atoms in total. The first-order chi connectivity index (χ1) is 19.1. The number of aromatic hydroxyl groups is 1. The van der Waals surface area contributed by atoms with E-state index in [9.17, 15) is 19.5 Å². The fourth-order valence-electron chi connectivity index (χ4n) is 9.79. The van der Waals surface area contributed by atoms with Gasteiger partial charge in [-0.3, -0.25) is 19.3 Å². The van der Waals surface area contributed by atoms with Gasteiger partial charge in [-0.1, -0.05) is 6.07 Å². The molecule has 2 heterocycles. The van der Waals surface area contributed by atoms with Crippen molar-refractivity contribution < 1.29 is 29.0 Å². The van der Waals surface area contributed by atoms with Gasteiger partial charge in [0.25, 0.3) is 0 Å². The van der Waals surface area contributed by atoms with Gasteiger partial charge < -0.3 is 30.9 Å². The second-order valence-corrected chi connectivity index (χ2v) is 13.2. The molecule has 1 saturated heterocycles. The van der Waals surface area contributed by atoms with E-state index in [4.69, 9.17) is 15.2 Å². The van der Waals surface area contributed by atoms with Crippen LogP contribution >= 0.6 is 0 Å². The molecule has 2 unspecified atom stereocenters. The lowest BCUT2D eigenvalue weighted by atomic mass is 9.35. The average Bonchev–Trinajstić information content (AvgIpc) is 3.66. The number of phenols is 1. The van der Waals surface area contributed by atoms with E-state index in [0.717, 1.165) is 51.1 Å². The minimum absolute atomic E-state index is 0.0405. The predicted octanol–water partition coefficient (Wildman–Crippen LogP) is 1.11. The van der Waals surface area contributed by atoms with Crippen LogP contribution in [0.25, 0.3) is 0 Å². The van der Waals surface area contributed by atoms with Gasteiger partial charge in [0.1, 0.15) is 17.7 Å². The molecule has 40 heavy (non-hydrogen) atoms. The number of likely N-dealkylation sites (tertiary alicyclic amines) is 1. The van der Waals surface area contributed by atoms with Crippen molar-refractivity contribution in [1.82, 2.24) is 15.5 Å². The molecular formula is C30H40N4O6. The zero-order valence-electron chi connectivity index (χ0n) is 23.3. The number of rotatable bonds is 9. The maximum Gasteiger partial charge on any atom is 0.243 e. The first-order valence-corrected chi connectivity index (χ1v) is 14.8. The van der Waals surface area contributed by atoms with Crippen LogP contribution in [0.3, 0.4) is 0 Å². The van der Waals surface area contributed by atoms with E-state index >= 15 is 0 Å². The summed E-state index contributed by atoms with van der Waals surface area (Å²) in [7, 11) is 1.74. The van der Waals surface area contributed by atoms with Gasteiger partial charge in [0.15, 0.2) is 11.5 Å². The van der Waals surface area contributed by atoms with Gasteiger partial charge in [-0.25, -0.2) is 0 Å². The van der Waals surface area contributed by atoms with Crippen molar-refractivity contribution in [3.8, 4) is 11.5 Å². The Hall–Kier alpha value is -2.85. The summed E-state index contributed by atoms with van der Waals surface area (Å²) >= 11 is 0. The van der Waals surface area contributed by atoms with Crippen LogP contribution in [0.2, 0.25) is 0 Å². The van der Waals surface area contributed by atoms with Crippen LogP contribution in [0.4, 0.5) is 0 Å². The van der Waals surface area contributed by atoms with Crippen LogP contribution in [0, 0.1) is 17.3 Å². The van der Waals surface area contributed by atoms with Crippen molar-refractivity contribution in [1.29, 1.82) is 0 Å². The minimum atomic E-state index is -1.02. The second kappa shape index (κ2) is 8.82. The summed E-state index contributed by atoms with van der Waals surface area (Å²) in [5, 5.41) is 16.6. The normalized spacial score (nSPS) is 37.3. The molecule has 0 aromatic heterocycles. The number of fused-ring (bicyclic) bond motifs is 2. The number of piperidine rings is 1. The Bertz CT molecular complexity index is 1270. The molecule has 5 fully saturated rings. The summed E-state index contributed by atoms with van der Waals surface area (Å²) < 4.78 is 13.3. The Labute approximate surface area is 234 Å². The highest BCUT2D eigenvalue weighted by Gasteiger charge is 2.80. The van der Waals surface area contributed by atoms with E-state index in [-0.39, 0.29) is 35.0 Å². The molecule has 10 heteroatoms. The van der Waals surface area contributed by atoms with E-state index < -0.39 is 29.4 Å². The third-order valence-electron chi connectivity index (χ3n) is 11.4. The van der Waals surface area contributed by atoms with Gasteiger partial charge in [0.05, 0.1) is 6.42 Å². The maximum atomic E-state index is 13.2. The lowest BCUT2D eigenvalue weighted by Crippen LogP contribution is -2.81. The van der Waals surface area contributed by atoms with Crippen LogP contribution in [-0.4, -0.2) is 78.3 Å². The number of primary amides is 1. The van der Waals surface area contributed by atoms with Gasteiger partial charge in [-0.2, -0.15) is 0 Å². The molecule has 3 amide bonds. The van der Waals surface area contributed by atoms with Crippen LogP contribution in [0.15, 0.2) is 12.1 Å². The predicted molar refractivity (Wildman–Crippen MR) is 145 cm³/mol. The van der Waals surface area contributed by atoms with Crippen LogP contribution in [0.1, 0.15) is 63.0 Å². The van der Waals surface area contributed by atoms with Crippen molar-refractivity contribution in [3.05, 3.63) is 23.3 Å². The summed E-state index contributed by atoms with van der Waals surface area (Å²) in [6.07, 6.45) is 6.70. The highest BCUT2D eigenvalue weighted by molar-refractivity contribution is 5.91. The number of amides is 3. The smallest absolute Gasteiger partial charge is 0.243 e. The number of benzene rings is 1. The van der Waals surface area contributed by atoms with Crippen molar-refractivity contribution >= 4 is 17.7 Å². The number of nitrogens with one attached hydrogen (secondary N) is 2. The van der Waals surface area contributed by atoms with Crippen LogP contribution < -0.4 is 21.1 Å². The van der Waals surface area contributed by atoms with E-state index in [2.05, 4.69) is 21.6 Å². The fourth-order valence-corrected chi connectivity index (χ4v) is 9.79. The number of nitrogens with two attached hydrogens (primary N) is 1. The van der Waals surface area contributed by atoms with Gasteiger partial charge in [0, 0.05) is 55.5 Å². The topological polar surface area (TPSA) is 143 Å². The fraction of sp³-hybridized carbons (Fsp3) is 0.700. The number of nitrogens with zero attached hydrogens (tertiary/aromatic N) is 1. The van der Waals surface area contributed by atoms with E-state index in [1.54, 1.807) is 13.2 Å². The van der Waals surface area contributed by atoms with Crippen molar-refractivity contribution in [2.45, 2.75) is 87.5 Å². The molecule has 2 spiro atoms. The zero-order valence-corrected chi connectivity index (χ0v) is 23.3. The number of hydrogen-bond acceptors (Lipinski definition) is 7. The number of phenolic OH excluding ortho intramolecular Hbond substituents is 1. The molecule has 0 radical (unpaired) electrons. The summed E-state index contributed by atoms with van der Waals surface area (Å²) in [5.74, 6) is 0.0843. The van der Waals surface area contributed by atoms with Crippen molar-refractivity contribution in [2.24, 2.45) is 23.0 Å². The average molecular weight is 553 g/mol. The molecular weight excluding hydrogens is 512 g/mol. The monoisotopic (exact) mass is 552 g/mol. The Balaban J connectivity index is 1.26. The van der Waals surface area contributed by atoms with E-state index in [0.29, 0.717) is 18.3 Å². The van der Waals surface area contributed by atoms with Gasteiger partial charge in [-0.15, -0.1) is 0 Å². The summed E-state index contributed by atoms with van der Waals surface area (Å²) in [5.41, 5.74) is 6.91. The van der Waals surface area contributed by atoms with Crippen LogP contribution in [0.5, 0.6) is 11.5 Å². The first-order valence-electron chi connectivity index (χ1n) is 14.8. The second-order valence-electron chi connectivity index (χ2n) is 13.2. The van der Waals surface area contributed by atoms with Gasteiger partial charge in [0.2, 0.25) is 17.7 Å². The number of methoxy groups -OCH3 is 1. The van der Waals surface area contributed by atoms with Gasteiger partial charge >= 0.3 is 0 Å². The Morgan fingerprint density at radius 3 is 2.75 bits per heavy atom. The molecule has 7 atom stereocenters.